The van der Waals surface area contributed by atoms with Crippen molar-refractivity contribution in [3.05, 3.63) is 120 Å². The molecule has 5 aromatic rings. The summed E-state index contributed by atoms with van der Waals surface area (Å²) in [7, 11) is 0. The maximum atomic E-state index is 15.4. The van der Waals surface area contributed by atoms with E-state index < -0.39 is 5.82 Å². The Morgan fingerprint density at radius 3 is 1.89 bits per heavy atom. The van der Waals surface area contributed by atoms with Crippen molar-refractivity contribution < 1.29 is 9.18 Å². The average molecular weight is 491 g/mol. The third-order valence-electron chi connectivity index (χ3n) is 5.81. The molecule has 7 nitrogen and oxygen atoms in total. The van der Waals surface area contributed by atoms with Gasteiger partial charge in [-0.1, -0.05) is 42.5 Å². The number of benzene rings is 3. The second kappa shape index (κ2) is 10.2. The van der Waals surface area contributed by atoms with Gasteiger partial charge >= 0.3 is 0 Å². The number of rotatable bonds is 7. The number of nitrogens with zero attached hydrogens (tertiary/aromatic N) is 2. The number of anilines is 6. The molecule has 0 saturated carbocycles. The smallest absolute Gasteiger partial charge is 0.195 e. The van der Waals surface area contributed by atoms with Crippen molar-refractivity contribution in [2.24, 2.45) is 0 Å². The van der Waals surface area contributed by atoms with Crippen LogP contribution >= 0.6 is 0 Å². The monoisotopic (exact) mass is 490 g/mol. The molecule has 0 aliphatic heterocycles. The van der Waals surface area contributed by atoms with E-state index in [0.29, 0.717) is 45.5 Å². The lowest BCUT2D eigenvalue weighted by Gasteiger charge is -2.17. The van der Waals surface area contributed by atoms with Crippen molar-refractivity contribution >= 4 is 40.2 Å². The van der Waals surface area contributed by atoms with Gasteiger partial charge in [-0.3, -0.25) is 4.79 Å². The van der Waals surface area contributed by atoms with Gasteiger partial charge < -0.3 is 22.1 Å². The molecular weight excluding hydrogens is 467 g/mol. The Bertz CT molecular complexity index is 1600. The zero-order valence-electron chi connectivity index (χ0n) is 19.7. The number of nitrogens with one attached hydrogen (secondary N) is 2. The first-order valence-electron chi connectivity index (χ1n) is 11.5. The maximum absolute atomic E-state index is 15.4. The SMILES string of the molecule is Nc1cccnc1Nc1ccccc1C(=O)c1cccc(F)c1-c1ccccc1Nc1ncccc1N. The second-order valence-electron chi connectivity index (χ2n) is 8.22. The van der Waals surface area contributed by atoms with E-state index in [1.165, 1.54) is 12.1 Å². The Labute approximate surface area is 213 Å². The van der Waals surface area contributed by atoms with Crippen LogP contribution in [0.1, 0.15) is 15.9 Å². The third kappa shape index (κ3) is 4.81. The number of para-hydroxylation sites is 2. The van der Waals surface area contributed by atoms with Crippen LogP contribution in [0.2, 0.25) is 0 Å². The van der Waals surface area contributed by atoms with E-state index in [9.17, 15) is 4.79 Å². The summed E-state index contributed by atoms with van der Waals surface area (Å²) < 4.78 is 15.4. The maximum Gasteiger partial charge on any atom is 0.195 e. The minimum atomic E-state index is -0.534. The van der Waals surface area contributed by atoms with Gasteiger partial charge in [0.25, 0.3) is 0 Å². The zero-order valence-corrected chi connectivity index (χ0v) is 19.7. The summed E-state index contributed by atoms with van der Waals surface area (Å²) in [5, 5.41) is 6.30. The van der Waals surface area contributed by atoms with E-state index in [-0.39, 0.29) is 16.9 Å². The van der Waals surface area contributed by atoms with Gasteiger partial charge in [0, 0.05) is 40.3 Å². The lowest BCUT2D eigenvalue weighted by atomic mass is 9.92. The molecule has 0 unspecified atom stereocenters. The van der Waals surface area contributed by atoms with Crippen LogP contribution in [0.4, 0.5) is 38.8 Å². The van der Waals surface area contributed by atoms with Crippen molar-refractivity contribution in [1.82, 2.24) is 9.97 Å². The van der Waals surface area contributed by atoms with E-state index in [0.717, 1.165) is 0 Å². The van der Waals surface area contributed by atoms with E-state index in [2.05, 4.69) is 20.6 Å². The zero-order chi connectivity index (χ0) is 25.8. The molecule has 0 radical (unpaired) electrons. The van der Waals surface area contributed by atoms with Gasteiger partial charge in [-0.05, 0) is 48.5 Å². The summed E-state index contributed by atoms with van der Waals surface area (Å²) >= 11 is 0. The van der Waals surface area contributed by atoms with Crippen LogP contribution in [0.15, 0.2) is 103 Å². The molecule has 0 amide bonds. The van der Waals surface area contributed by atoms with Crippen molar-refractivity contribution in [2.75, 3.05) is 22.1 Å². The Balaban J connectivity index is 1.59. The molecule has 0 fully saturated rings. The van der Waals surface area contributed by atoms with E-state index >= 15 is 4.39 Å². The topological polar surface area (TPSA) is 119 Å². The first kappa shape index (κ1) is 23.5. The first-order chi connectivity index (χ1) is 18.0. The fourth-order valence-electron chi connectivity index (χ4n) is 4.03. The van der Waals surface area contributed by atoms with Gasteiger partial charge in [0.1, 0.15) is 5.82 Å². The highest BCUT2D eigenvalue weighted by atomic mass is 19.1. The van der Waals surface area contributed by atoms with E-state index in [1.54, 1.807) is 85.2 Å². The first-order valence-corrected chi connectivity index (χ1v) is 11.5. The molecule has 0 spiro atoms. The van der Waals surface area contributed by atoms with Gasteiger partial charge in [-0.25, -0.2) is 14.4 Å². The molecule has 0 bridgehead atoms. The van der Waals surface area contributed by atoms with Crippen LogP contribution in [-0.2, 0) is 0 Å². The fraction of sp³-hybridized carbons (Fsp3) is 0. The molecule has 0 aliphatic rings. The molecule has 8 heteroatoms. The average Bonchev–Trinajstić information content (AvgIpc) is 2.91. The predicted octanol–water partition coefficient (Wildman–Crippen LogP) is 6.17. The van der Waals surface area contributed by atoms with Crippen LogP contribution in [0.5, 0.6) is 0 Å². The molecule has 2 heterocycles. The molecule has 3 aromatic carbocycles. The molecule has 0 saturated heterocycles. The molecular formula is C29H23FN6O. The largest absolute Gasteiger partial charge is 0.396 e. The Morgan fingerprint density at radius 1 is 0.649 bits per heavy atom. The number of aromatic nitrogens is 2. The number of carbonyl (C=O) groups excluding carboxylic acids is 1. The normalized spacial score (nSPS) is 10.6. The van der Waals surface area contributed by atoms with Crippen LogP contribution in [0.25, 0.3) is 11.1 Å². The standard InChI is InChI=1S/C29H23FN6O/c30-21-11-5-10-20(26(21)18-8-1-3-14-24(18)35-28-22(31)12-6-16-33-28)27(37)19-9-2-4-15-25(19)36-29-23(32)13-7-17-34-29/h1-17H,31-32H2,(H,33,35)(H,34,36). The summed E-state index contributed by atoms with van der Waals surface area (Å²) in [6.07, 6.45) is 3.21. The molecule has 0 aliphatic carbocycles. The highest BCUT2D eigenvalue weighted by Crippen LogP contribution is 2.37. The number of ketones is 1. The minimum Gasteiger partial charge on any atom is -0.396 e. The van der Waals surface area contributed by atoms with Gasteiger partial charge in [-0.15, -0.1) is 0 Å². The third-order valence-corrected chi connectivity index (χ3v) is 5.81. The molecule has 182 valence electrons. The molecule has 2 aromatic heterocycles. The highest BCUT2D eigenvalue weighted by molar-refractivity contribution is 6.16. The summed E-state index contributed by atoms with van der Waals surface area (Å²) in [6.45, 7) is 0. The second-order valence-corrected chi connectivity index (χ2v) is 8.22. The van der Waals surface area contributed by atoms with Crippen LogP contribution in [-0.4, -0.2) is 15.8 Å². The van der Waals surface area contributed by atoms with Crippen molar-refractivity contribution in [3.63, 3.8) is 0 Å². The Kier molecular flexibility index (Phi) is 6.46. The van der Waals surface area contributed by atoms with Crippen LogP contribution in [0.3, 0.4) is 0 Å². The van der Waals surface area contributed by atoms with Gasteiger partial charge in [0.15, 0.2) is 17.4 Å². The summed E-state index contributed by atoms with van der Waals surface area (Å²) in [6, 6.07) is 25.4. The lowest BCUT2D eigenvalue weighted by Crippen LogP contribution is -2.09. The number of hydrogen-bond acceptors (Lipinski definition) is 7. The highest BCUT2D eigenvalue weighted by Gasteiger charge is 2.22. The summed E-state index contributed by atoms with van der Waals surface area (Å²) in [5.41, 5.74) is 15.2. The number of nitrogen functional groups attached to an aromatic ring is 2. The van der Waals surface area contributed by atoms with Gasteiger partial charge in [0.05, 0.1) is 17.1 Å². The Hall–Kier alpha value is -5.24. The predicted molar refractivity (Wildman–Crippen MR) is 146 cm³/mol. The lowest BCUT2D eigenvalue weighted by molar-refractivity contribution is 0.103. The van der Waals surface area contributed by atoms with E-state index in [4.69, 9.17) is 11.5 Å². The molecule has 0 atom stereocenters. The van der Waals surface area contributed by atoms with Gasteiger partial charge in [0.2, 0.25) is 0 Å². The van der Waals surface area contributed by atoms with Crippen LogP contribution in [0, 0.1) is 5.82 Å². The minimum absolute atomic E-state index is 0.164. The summed E-state index contributed by atoms with van der Waals surface area (Å²) in [5.74, 6) is -0.0425. The van der Waals surface area contributed by atoms with Crippen molar-refractivity contribution in [3.8, 4) is 11.1 Å². The molecule has 5 rings (SSSR count). The van der Waals surface area contributed by atoms with Gasteiger partial charge in [-0.2, -0.15) is 0 Å². The van der Waals surface area contributed by atoms with Crippen molar-refractivity contribution in [1.29, 1.82) is 0 Å². The number of pyridine rings is 2. The van der Waals surface area contributed by atoms with Crippen LogP contribution < -0.4 is 22.1 Å². The molecule has 6 N–H and O–H groups in total. The molecule has 37 heavy (non-hydrogen) atoms. The number of carbonyl (C=O) groups is 1. The quantitative estimate of drug-likeness (QED) is 0.202. The Morgan fingerprint density at radius 2 is 1.22 bits per heavy atom. The van der Waals surface area contributed by atoms with Crippen molar-refractivity contribution in [2.45, 2.75) is 0 Å². The number of halogens is 1. The number of nitrogens with two attached hydrogens (primary N) is 2. The fourth-order valence-corrected chi connectivity index (χ4v) is 4.03. The summed E-state index contributed by atoms with van der Waals surface area (Å²) in [4.78, 5) is 22.4. The number of hydrogen-bond donors (Lipinski definition) is 4. The van der Waals surface area contributed by atoms with E-state index in [1.807, 2.05) is 6.07 Å².